The lowest BCUT2D eigenvalue weighted by atomic mass is 10.2. The van der Waals surface area contributed by atoms with Gasteiger partial charge in [-0.25, -0.2) is 0 Å². The lowest BCUT2D eigenvalue weighted by Gasteiger charge is -2.29. The van der Waals surface area contributed by atoms with E-state index >= 15 is 0 Å². The predicted octanol–water partition coefficient (Wildman–Crippen LogP) is 0.276. The van der Waals surface area contributed by atoms with Gasteiger partial charge < -0.3 is 14.3 Å². The second-order valence-electron chi connectivity index (χ2n) is 5.14. The first-order valence-corrected chi connectivity index (χ1v) is 6.83. The van der Waals surface area contributed by atoms with Gasteiger partial charge in [0.2, 0.25) is 5.76 Å². The van der Waals surface area contributed by atoms with E-state index in [-0.39, 0.29) is 0 Å². The predicted molar refractivity (Wildman–Crippen MR) is 73.0 cm³/mol. The molecule has 1 aliphatic heterocycles. The topological polar surface area (TPSA) is 72.9 Å². The van der Waals surface area contributed by atoms with Crippen molar-refractivity contribution < 1.29 is 14.3 Å². The Bertz CT molecular complexity index is 449. The van der Waals surface area contributed by atoms with Crippen LogP contribution in [0.4, 0.5) is 0 Å². The van der Waals surface area contributed by atoms with Crippen molar-refractivity contribution in [2.24, 2.45) is 0 Å². The molecule has 20 heavy (non-hydrogen) atoms. The molecule has 0 aromatic carbocycles. The van der Waals surface area contributed by atoms with Crippen LogP contribution in [-0.2, 0) is 11.3 Å². The van der Waals surface area contributed by atoms with Gasteiger partial charge in [0.25, 0.3) is 0 Å². The van der Waals surface area contributed by atoms with Gasteiger partial charge in [-0.3, -0.25) is 9.80 Å². The van der Waals surface area contributed by atoms with E-state index in [0.717, 1.165) is 32.1 Å². The highest BCUT2D eigenvalue weighted by Gasteiger charge is 2.16. The first-order valence-electron chi connectivity index (χ1n) is 6.83. The fourth-order valence-corrected chi connectivity index (χ4v) is 2.35. The maximum Gasteiger partial charge on any atom is 0.203 e. The molecule has 1 N–H and O–H groups in total. The monoisotopic (exact) mass is 279 g/mol. The van der Waals surface area contributed by atoms with E-state index in [1.165, 1.54) is 0 Å². The lowest BCUT2D eigenvalue weighted by Crippen LogP contribution is -2.43. The minimum Gasteiger partial charge on any atom is -0.449 e. The Morgan fingerprint density at radius 3 is 2.85 bits per heavy atom. The van der Waals surface area contributed by atoms with Crippen molar-refractivity contribution >= 4 is 0 Å². The lowest BCUT2D eigenvalue weighted by molar-refractivity contribution is 0.00792. The number of morpholine rings is 1. The number of ether oxygens (including phenoxy) is 1. The SMILES string of the molecule is CN(Cc1ccc(C#N)o1)CC(O)CN1CCOCC1. The van der Waals surface area contributed by atoms with Crippen molar-refractivity contribution in [2.45, 2.75) is 12.6 Å². The highest BCUT2D eigenvalue weighted by atomic mass is 16.5. The maximum absolute atomic E-state index is 10.1. The normalized spacial score (nSPS) is 18.1. The molecular weight excluding hydrogens is 258 g/mol. The van der Waals surface area contributed by atoms with E-state index in [1.54, 1.807) is 12.1 Å². The maximum atomic E-state index is 10.1. The van der Waals surface area contributed by atoms with Gasteiger partial charge in [-0.15, -0.1) is 0 Å². The molecule has 0 spiro atoms. The summed E-state index contributed by atoms with van der Waals surface area (Å²) < 4.78 is 10.6. The van der Waals surface area contributed by atoms with Crippen molar-refractivity contribution in [1.82, 2.24) is 9.80 Å². The fraction of sp³-hybridized carbons (Fsp3) is 0.643. The van der Waals surface area contributed by atoms with Crippen molar-refractivity contribution in [3.05, 3.63) is 23.7 Å². The molecule has 0 aliphatic carbocycles. The van der Waals surface area contributed by atoms with Crippen LogP contribution in [0.2, 0.25) is 0 Å². The third kappa shape index (κ3) is 4.62. The molecule has 6 heteroatoms. The summed E-state index contributed by atoms with van der Waals surface area (Å²) in [5.41, 5.74) is 0. The standard InChI is InChI=1S/C14H21N3O3/c1-16(11-14-3-2-13(8-15)20-14)9-12(18)10-17-4-6-19-7-5-17/h2-3,12,18H,4-7,9-11H2,1H3. The molecule has 6 nitrogen and oxygen atoms in total. The Balaban J connectivity index is 1.72. The molecule has 1 unspecified atom stereocenters. The van der Waals surface area contributed by atoms with Crippen LogP contribution >= 0.6 is 0 Å². The van der Waals surface area contributed by atoms with Crippen LogP contribution in [0.25, 0.3) is 0 Å². The number of β-amino-alcohol motifs (C(OH)–C–C–N with tert-alkyl or cyclic N) is 1. The van der Waals surface area contributed by atoms with E-state index in [2.05, 4.69) is 4.90 Å². The summed E-state index contributed by atoms with van der Waals surface area (Å²) in [7, 11) is 1.93. The molecule has 1 fully saturated rings. The average Bonchev–Trinajstić information content (AvgIpc) is 2.87. The zero-order valence-corrected chi connectivity index (χ0v) is 11.8. The minimum atomic E-state index is -0.400. The number of nitriles is 1. The molecule has 0 radical (unpaired) electrons. The molecule has 1 atom stereocenters. The van der Waals surface area contributed by atoms with E-state index < -0.39 is 6.10 Å². The van der Waals surface area contributed by atoms with Crippen LogP contribution < -0.4 is 0 Å². The number of likely N-dealkylation sites (N-methyl/N-ethyl adjacent to an activating group) is 1. The largest absolute Gasteiger partial charge is 0.449 e. The molecule has 2 rings (SSSR count). The third-order valence-corrected chi connectivity index (χ3v) is 3.29. The highest BCUT2D eigenvalue weighted by molar-refractivity contribution is 5.18. The van der Waals surface area contributed by atoms with Gasteiger partial charge in [0.15, 0.2) is 0 Å². The quantitative estimate of drug-likeness (QED) is 0.806. The Kier molecular flexibility index (Phi) is 5.56. The number of furan rings is 1. The Labute approximate surface area is 119 Å². The molecule has 1 saturated heterocycles. The number of aliphatic hydroxyl groups excluding tert-OH is 1. The van der Waals surface area contributed by atoms with Crippen LogP contribution in [0.15, 0.2) is 16.5 Å². The van der Waals surface area contributed by atoms with Gasteiger partial charge in [-0.1, -0.05) is 0 Å². The summed E-state index contributed by atoms with van der Waals surface area (Å²) in [6.45, 7) is 5.06. The van der Waals surface area contributed by atoms with Gasteiger partial charge in [0.05, 0.1) is 25.9 Å². The van der Waals surface area contributed by atoms with E-state index in [1.807, 2.05) is 18.0 Å². The van der Waals surface area contributed by atoms with Gasteiger partial charge in [-0.2, -0.15) is 5.26 Å². The third-order valence-electron chi connectivity index (χ3n) is 3.29. The Morgan fingerprint density at radius 2 is 2.20 bits per heavy atom. The first-order chi connectivity index (χ1) is 9.67. The van der Waals surface area contributed by atoms with Crippen molar-refractivity contribution in [3.63, 3.8) is 0 Å². The molecule has 1 aromatic rings. The second-order valence-corrected chi connectivity index (χ2v) is 5.14. The Hall–Kier alpha value is -1.39. The number of hydrogen-bond acceptors (Lipinski definition) is 6. The zero-order chi connectivity index (χ0) is 14.4. The molecule has 0 saturated carbocycles. The molecular formula is C14H21N3O3. The summed E-state index contributed by atoms with van der Waals surface area (Å²) >= 11 is 0. The van der Waals surface area contributed by atoms with Gasteiger partial charge >= 0.3 is 0 Å². The first kappa shape index (κ1) is 15.0. The van der Waals surface area contributed by atoms with Crippen molar-refractivity contribution in [2.75, 3.05) is 46.4 Å². The average molecular weight is 279 g/mol. The smallest absolute Gasteiger partial charge is 0.203 e. The van der Waals surface area contributed by atoms with Crippen molar-refractivity contribution in [1.29, 1.82) is 5.26 Å². The summed E-state index contributed by atoms with van der Waals surface area (Å²) in [4.78, 5) is 4.20. The Morgan fingerprint density at radius 1 is 1.45 bits per heavy atom. The fourth-order valence-electron chi connectivity index (χ4n) is 2.35. The van der Waals surface area contributed by atoms with Crippen LogP contribution in [0.5, 0.6) is 0 Å². The van der Waals surface area contributed by atoms with Crippen LogP contribution in [0.3, 0.4) is 0 Å². The number of aliphatic hydroxyl groups is 1. The zero-order valence-electron chi connectivity index (χ0n) is 11.8. The van der Waals surface area contributed by atoms with Crippen LogP contribution in [-0.4, -0.2) is 67.5 Å². The molecule has 2 heterocycles. The summed E-state index contributed by atoms with van der Waals surface area (Å²) in [6, 6.07) is 5.42. The molecule has 110 valence electrons. The van der Waals surface area contributed by atoms with Crippen LogP contribution in [0, 0.1) is 11.3 Å². The van der Waals surface area contributed by atoms with Crippen molar-refractivity contribution in [3.8, 4) is 6.07 Å². The van der Waals surface area contributed by atoms with Crippen LogP contribution in [0.1, 0.15) is 11.5 Å². The molecule has 0 amide bonds. The molecule has 0 bridgehead atoms. The number of rotatable bonds is 6. The highest BCUT2D eigenvalue weighted by Crippen LogP contribution is 2.09. The van der Waals surface area contributed by atoms with Gasteiger partial charge in [0, 0.05) is 26.2 Å². The number of hydrogen-bond donors (Lipinski definition) is 1. The molecule has 1 aliphatic rings. The van der Waals surface area contributed by atoms with E-state index in [4.69, 9.17) is 14.4 Å². The van der Waals surface area contributed by atoms with E-state index in [9.17, 15) is 5.11 Å². The van der Waals surface area contributed by atoms with E-state index in [0.29, 0.717) is 25.4 Å². The summed E-state index contributed by atoms with van der Waals surface area (Å²) in [5.74, 6) is 1.06. The summed E-state index contributed by atoms with van der Waals surface area (Å²) in [6.07, 6.45) is -0.400. The minimum absolute atomic E-state index is 0.322. The second kappa shape index (κ2) is 7.41. The molecule has 1 aromatic heterocycles. The summed E-state index contributed by atoms with van der Waals surface area (Å²) in [5, 5.41) is 18.8. The van der Waals surface area contributed by atoms with Gasteiger partial charge in [-0.05, 0) is 19.2 Å². The van der Waals surface area contributed by atoms with Gasteiger partial charge in [0.1, 0.15) is 11.8 Å². The number of nitrogens with zero attached hydrogens (tertiary/aromatic N) is 3.